The summed E-state index contributed by atoms with van der Waals surface area (Å²) in [5, 5.41) is 8.66. The molecule has 0 bridgehead atoms. The zero-order valence-electron chi connectivity index (χ0n) is 9.68. The molecule has 2 aromatic carbocycles. The molecule has 0 aliphatic carbocycles. The molecular formula is C14H10FNOS. The molecule has 0 aliphatic heterocycles. The van der Waals surface area contributed by atoms with Crippen molar-refractivity contribution in [3.63, 3.8) is 0 Å². The molecule has 2 aromatic rings. The van der Waals surface area contributed by atoms with Gasteiger partial charge in [-0.25, -0.2) is 4.39 Å². The van der Waals surface area contributed by atoms with Crippen LogP contribution in [-0.2, 0) is 0 Å². The molecule has 2 rings (SSSR count). The maximum atomic E-state index is 13.7. The normalized spacial score (nSPS) is 9.83. The van der Waals surface area contributed by atoms with Gasteiger partial charge in [0.05, 0.1) is 11.6 Å². The minimum Gasteiger partial charge on any atom is -0.453 e. The molecule has 0 atom stereocenters. The molecule has 0 N–H and O–H groups in total. The first-order valence-corrected chi connectivity index (χ1v) is 6.47. The highest BCUT2D eigenvalue weighted by Gasteiger charge is 2.08. The Bertz CT molecular complexity index is 607. The van der Waals surface area contributed by atoms with Crippen LogP contribution in [0.1, 0.15) is 5.56 Å². The van der Waals surface area contributed by atoms with Gasteiger partial charge in [0.25, 0.3) is 0 Å². The van der Waals surface area contributed by atoms with Gasteiger partial charge in [0, 0.05) is 4.90 Å². The third kappa shape index (κ3) is 2.63. The molecule has 4 heteroatoms. The molecule has 0 aromatic heterocycles. The van der Waals surface area contributed by atoms with Crippen LogP contribution in [0.4, 0.5) is 4.39 Å². The molecule has 2 nitrogen and oxygen atoms in total. The van der Waals surface area contributed by atoms with Crippen LogP contribution in [0.25, 0.3) is 0 Å². The summed E-state index contributed by atoms with van der Waals surface area (Å²) in [6, 6.07) is 13.4. The van der Waals surface area contributed by atoms with Crippen LogP contribution in [-0.4, -0.2) is 6.26 Å². The zero-order chi connectivity index (χ0) is 13.0. The van der Waals surface area contributed by atoms with Gasteiger partial charge < -0.3 is 4.74 Å². The highest BCUT2D eigenvalue weighted by Crippen LogP contribution is 2.32. The maximum absolute atomic E-state index is 13.7. The number of halogens is 1. The van der Waals surface area contributed by atoms with Crippen LogP contribution in [0.3, 0.4) is 0 Å². The van der Waals surface area contributed by atoms with E-state index in [0.717, 1.165) is 11.0 Å². The molecule has 0 saturated heterocycles. The average molecular weight is 259 g/mol. The van der Waals surface area contributed by atoms with Gasteiger partial charge in [0.1, 0.15) is 5.75 Å². The third-order valence-electron chi connectivity index (χ3n) is 2.35. The van der Waals surface area contributed by atoms with E-state index in [1.165, 1.54) is 23.9 Å². The average Bonchev–Trinajstić information content (AvgIpc) is 2.41. The van der Waals surface area contributed by atoms with Crippen molar-refractivity contribution in [2.45, 2.75) is 4.90 Å². The van der Waals surface area contributed by atoms with Gasteiger partial charge in [-0.15, -0.1) is 11.8 Å². The quantitative estimate of drug-likeness (QED) is 0.774. The van der Waals surface area contributed by atoms with Crippen molar-refractivity contribution >= 4 is 11.8 Å². The Kier molecular flexibility index (Phi) is 3.85. The minimum atomic E-state index is -0.537. The van der Waals surface area contributed by atoms with Crippen LogP contribution < -0.4 is 4.74 Å². The topological polar surface area (TPSA) is 33.0 Å². The van der Waals surface area contributed by atoms with Crippen molar-refractivity contribution in [2.24, 2.45) is 0 Å². The van der Waals surface area contributed by atoms with Crippen molar-refractivity contribution in [1.82, 2.24) is 0 Å². The lowest BCUT2D eigenvalue weighted by atomic mass is 10.2. The highest BCUT2D eigenvalue weighted by atomic mass is 32.2. The third-order valence-corrected chi connectivity index (χ3v) is 3.13. The van der Waals surface area contributed by atoms with Gasteiger partial charge in [-0.3, -0.25) is 0 Å². The second-order valence-corrected chi connectivity index (χ2v) is 4.36. The molecule has 0 spiro atoms. The van der Waals surface area contributed by atoms with Gasteiger partial charge in [0.2, 0.25) is 0 Å². The Hall–Kier alpha value is -1.99. The van der Waals surface area contributed by atoms with Gasteiger partial charge in [-0.05, 0) is 36.6 Å². The lowest BCUT2D eigenvalue weighted by Gasteiger charge is -2.10. The van der Waals surface area contributed by atoms with Gasteiger partial charge in [-0.2, -0.15) is 5.26 Å². The minimum absolute atomic E-state index is 0.121. The molecule has 0 saturated carbocycles. The fourth-order valence-corrected chi connectivity index (χ4v) is 2.00. The second kappa shape index (κ2) is 5.56. The molecular weight excluding hydrogens is 249 g/mol. The van der Waals surface area contributed by atoms with Crippen molar-refractivity contribution in [3.8, 4) is 17.6 Å². The van der Waals surface area contributed by atoms with Crippen LogP contribution in [0.2, 0.25) is 0 Å². The molecule has 0 unspecified atom stereocenters. The van der Waals surface area contributed by atoms with E-state index in [0.29, 0.717) is 5.75 Å². The van der Waals surface area contributed by atoms with Gasteiger partial charge in [-0.1, -0.05) is 12.1 Å². The molecule has 90 valence electrons. The number of hydrogen-bond donors (Lipinski definition) is 0. The van der Waals surface area contributed by atoms with E-state index in [1.807, 2.05) is 30.5 Å². The summed E-state index contributed by atoms with van der Waals surface area (Å²) in [5.41, 5.74) is 0.276. The van der Waals surface area contributed by atoms with Crippen molar-refractivity contribution < 1.29 is 9.13 Å². The number of thioether (sulfide) groups is 1. The Morgan fingerprint density at radius 3 is 2.61 bits per heavy atom. The van der Waals surface area contributed by atoms with Crippen molar-refractivity contribution in [1.29, 1.82) is 5.26 Å². The second-order valence-electron chi connectivity index (χ2n) is 3.51. The molecule has 18 heavy (non-hydrogen) atoms. The fraction of sp³-hybridized carbons (Fsp3) is 0.0714. The number of ether oxygens (including phenoxy) is 1. The largest absolute Gasteiger partial charge is 0.453 e. The van der Waals surface area contributed by atoms with Crippen LogP contribution in [0.15, 0.2) is 47.4 Å². The fourth-order valence-electron chi connectivity index (χ4n) is 1.47. The molecule has 0 amide bonds. The number of nitriles is 1. The smallest absolute Gasteiger partial charge is 0.167 e. The Labute approximate surface area is 109 Å². The summed E-state index contributed by atoms with van der Waals surface area (Å²) >= 11 is 1.53. The van der Waals surface area contributed by atoms with E-state index in [2.05, 4.69) is 0 Å². The molecule has 0 fully saturated rings. The maximum Gasteiger partial charge on any atom is 0.167 e. The van der Waals surface area contributed by atoms with Crippen molar-refractivity contribution in [2.75, 3.05) is 6.26 Å². The molecule has 0 aliphatic rings. The lowest BCUT2D eigenvalue weighted by molar-refractivity contribution is 0.433. The van der Waals surface area contributed by atoms with E-state index in [-0.39, 0.29) is 11.3 Å². The first-order chi connectivity index (χ1) is 8.74. The predicted octanol–water partition coefficient (Wildman–Crippen LogP) is 4.21. The Morgan fingerprint density at radius 2 is 1.94 bits per heavy atom. The number of benzene rings is 2. The summed E-state index contributed by atoms with van der Waals surface area (Å²) in [6.45, 7) is 0. The van der Waals surface area contributed by atoms with Crippen LogP contribution in [0, 0.1) is 17.1 Å². The number of nitrogens with zero attached hydrogens (tertiary/aromatic N) is 1. The summed E-state index contributed by atoms with van der Waals surface area (Å²) < 4.78 is 19.2. The number of rotatable bonds is 3. The Morgan fingerprint density at radius 1 is 1.17 bits per heavy atom. The number of hydrogen-bond acceptors (Lipinski definition) is 3. The standard InChI is InChI=1S/C14H10FNOS/c1-18-14-5-3-2-4-13(14)17-12-7-6-10(9-16)8-11(12)15/h2-8H,1H3. The summed E-state index contributed by atoms with van der Waals surface area (Å²) in [7, 11) is 0. The zero-order valence-corrected chi connectivity index (χ0v) is 10.5. The monoisotopic (exact) mass is 259 g/mol. The summed E-state index contributed by atoms with van der Waals surface area (Å²) in [4.78, 5) is 0.932. The lowest BCUT2D eigenvalue weighted by Crippen LogP contribution is -1.90. The van der Waals surface area contributed by atoms with Crippen LogP contribution >= 0.6 is 11.8 Å². The number of para-hydroxylation sites is 1. The summed E-state index contributed by atoms with van der Waals surface area (Å²) in [5.74, 6) is 0.189. The van der Waals surface area contributed by atoms with E-state index in [9.17, 15) is 4.39 Å². The summed E-state index contributed by atoms with van der Waals surface area (Å²) in [6.07, 6.45) is 1.93. The van der Waals surface area contributed by atoms with E-state index in [4.69, 9.17) is 10.00 Å². The molecule has 0 radical (unpaired) electrons. The molecule has 0 heterocycles. The van der Waals surface area contributed by atoms with Crippen molar-refractivity contribution in [3.05, 3.63) is 53.8 Å². The van der Waals surface area contributed by atoms with Gasteiger partial charge >= 0.3 is 0 Å². The van der Waals surface area contributed by atoms with Gasteiger partial charge in [0.15, 0.2) is 11.6 Å². The SMILES string of the molecule is CSc1ccccc1Oc1ccc(C#N)cc1F. The van der Waals surface area contributed by atoms with E-state index in [1.54, 1.807) is 6.07 Å². The first-order valence-electron chi connectivity index (χ1n) is 5.25. The van der Waals surface area contributed by atoms with E-state index >= 15 is 0 Å². The highest BCUT2D eigenvalue weighted by molar-refractivity contribution is 7.98. The first kappa shape index (κ1) is 12.5. The Balaban J connectivity index is 2.32. The predicted molar refractivity (Wildman–Crippen MR) is 69.4 cm³/mol. The van der Waals surface area contributed by atoms with E-state index < -0.39 is 5.82 Å². The van der Waals surface area contributed by atoms with Crippen LogP contribution in [0.5, 0.6) is 11.5 Å².